The summed E-state index contributed by atoms with van der Waals surface area (Å²) in [7, 11) is 0. The van der Waals surface area contributed by atoms with Crippen LogP contribution in [0.15, 0.2) is 0 Å². The Hall–Kier alpha value is -0.570. The minimum Gasteiger partial charge on any atom is -0.481 e. The fourth-order valence-electron chi connectivity index (χ4n) is 2.03. The zero-order chi connectivity index (χ0) is 11.3. The average molecular weight is 214 g/mol. The number of rotatable bonds is 6. The van der Waals surface area contributed by atoms with Crippen LogP contribution in [-0.2, 0) is 9.53 Å². The summed E-state index contributed by atoms with van der Waals surface area (Å²) in [5.41, 5.74) is -0.543. The molecule has 1 fully saturated rings. The van der Waals surface area contributed by atoms with Crippen molar-refractivity contribution in [3.05, 3.63) is 0 Å². The highest BCUT2D eigenvalue weighted by atomic mass is 16.5. The monoisotopic (exact) mass is 214 g/mol. The van der Waals surface area contributed by atoms with Gasteiger partial charge in [0, 0.05) is 6.61 Å². The summed E-state index contributed by atoms with van der Waals surface area (Å²) in [5, 5.41) is 9.09. The molecule has 1 N–H and O–H groups in total. The molecule has 1 heterocycles. The molecule has 0 aromatic heterocycles. The van der Waals surface area contributed by atoms with Crippen LogP contribution in [0, 0.1) is 5.41 Å². The summed E-state index contributed by atoms with van der Waals surface area (Å²) in [6, 6.07) is 0. The van der Waals surface area contributed by atoms with Crippen molar-refractivity contribution in [2.75, 3.05) is 6.61 Å². The molecule has 2 unspecified atom stereocenters. The third-order valence-electron chi connectivity index (χ3n) is 3.58. The Balaban J connectivity index is 2.25. The largest absolute Gasteiger partial charge is 0.481 e. The number of hydrogen-bond donors (Lipinski definition) is 1. The van der Waals surface area contributed by atoms with Crippen LogP contribution in [0.2, 0.25) is 0 Å². The zero-order valence-electron chi connectivity index (χ0n) is 9.79. The van der Waals surface area contributed by atoms with Gasteiger partial charge in [0.05, 0.1) is 11.5 Å². The second kappa shape index (κ2) is 5.50. The lowest BCUT2D eigenvalue weighted by atomic mass is 9.82. The van der Waals surface area contributed by atoms with Crippen LogP contribution in [0.4, 0.5) is 0 Å². The van der Waals surface area contributed by atoms with Crippen LogP contribution in [-0.4, -0.2) is 23.8 Å². The maximum atomic E-state index is 11.0. The van der Waals surface area contributed by atoms with E-state index < -0.39 is 11.4 Å². The molecular formula is C12H22O3. The van der Waals surface area contributed by atoms with Gasteiger partial charge in [-0.05, 0) is 45.4 Å². The predicted molar refractivity (Wildman–Crippen MR) is 58.9 cm³/mol. The van der Waals surface area contributed by atoms with Crippen LogP contribution in [0.25, 0.3) is 0 Å². The number of ether oxygens (including phenoxy) is 1. The van der Waals surface area contributed by atoms with E-state index in [0.717, 1.165) is 38.7 Å². The maximum absolute atomic E-state index is 11.0. The van der Waals surface area contributed by atoms with Gasteiger partial charge in [-0.3, -0.25) is 4.79 Å². The molecule has 0 aromatic carbocycles. The van der Waals surface area contributed by atoms with Crippen molar-refractivity contribution in [3.8, 4) is 0 Å². The lowest BCUT2D eigenvalue weighted by molar-refractivity contribution is -0.148. The van der Waals surface area contributed by atoms with Gasteiger partial charge in [-0.2, -0.15) is 0 Å². The Kier molecular flexibility index (Phi) is 4.58. The molecule has 1 aliphatic heterocycles. The van der Waals surface area contributed by atoms with E-state index in [1.807, 2.05) is 13.8 Å². The van der Waals surface area contributed by atoms with Crippen molar-refractivity contribution in [2.45, 2.75) is 58.5 Å². The van der Waals surface area contributed by atoms with Crippen LogP contribution in [0.1, 0.15) is 52.4 Å². The molecule has 1 rings (SSSR count). The molecular weight excluding hydrogens is 192 g/mol. The van der Waals surface area contributed by atoms with Crippen molar-refractivity contribution in [3.63, 3.8) is 0 Å². The minimum atomic E-state index is -0.669. The van der Waals surface area contributed by atoms with Gasteiger partial charge < -0.3 is 9.84 Å². The third kappa shape index (κ3) is 3.49. The summed E-state index contributed by atoms with van der Waals surface area (Å²) < 4.78 is 5.51. The molecule has 0 bridgehead atoms. The topological polar surface area (TPSA) is 46.5 Å². The molecule has 2 atom stereocenters. The van der Waals surface area contributed by atoms with Gasteiger partial charge in [0.15, 0.2) is 0 Å². The minimum absolute atomic E-state index is 0.389. The second-order valence-corrected chi connectivity index (χ2v) is 4.75. The summed E-state index contributed by atoms with van der Waals surface area (Å²) in [4.78, 5) is 11.0. The summed E-state index contributed by atoms with van der Waals surface area (Å²) in [6.45, 7) is 4.67. The van der Waals surface area contributed by atoms with Gasteiger partial charge in [0.1, 0.15) is 0 Å². The Morgan fingerprint density at radius 3 is 2.80 bits per heavy atom. The molecule has 88 valence electrons. The van der Waals surface area contributed by atoms with E-state index in [4.69, 9.17) is 9.84 Å². The first-order valence-corrected chi connectivity index (χ1v) is 5.93. The first-order chi connectivity index (χ1) is 7.08. The standard InChI is InChI=1S/C12H22O3/c1-3-12(2,11(13)14)8-4-6-10-7-5-9-15-10/h10H,3-9H2,1-2H3,(H,13,14). The van der Waals surface area contributed by atoms with Gasteiger partial charge in [0.25, 0.3) is 0 Å². The highest BCUT2D eigenvalue weighted by Crippen LogP contribution is 2.29. The number of carboxylic acids is 1. The van der Waals surface area contributed by atoms with Crippen LogP contribution < -0.4 is 0 Å². The molecule has 0 spiro atoms. The van der Waals surface area contributed by atoms with Crippen molar-refractivity contribution < 1.29 is 14.6 Å². The molecule has 0 aromatic rings. The zero-order valence-corrected chi connectivity index (χ0v) is 9.79. The molecule has 0 saturated carbocycles. The molecule has 0 amide bonds. The van der Waals surface area contributed by atoms with Gasteiger partial charge in [-0.15, -0.1) is 0 Å². The first-order valence-electron chi connectivity index (χ1n) is 5.93. The smallest absolute Gasteiger partial charge is 0.309 e. The Labute approximate surface area is 91.8 Å². The molecule has 3 nitrogen and oxygen atoms in total. The quantitative estimate of drug-likeness (QED) is 0.739. The van der Waals surface area contributed by atoms with E-state index >= 15 is 0 Å². The number of hydrogen-bond acceptors (Lipinski definition) is 2. The summed E-state index contributed by atoms with van der Waals surface area (Å²) in [6.07, 6.45) is 6.14. The second-order valence-electron chi connectivity index (χ2n) is 4.75. The molecule has 15 heavy (non-hydrogen) atoms. The summed E-state index contributed by atoms with van der Waals surface area (Å²) in [5.74, 6) is -0.669. The highest BCUT2D eigenvalue weighted by molar-refractivity contribution is 5.73. The van der Waals surface area contributed by atoms with Crippen molar-refractivity contribution in [1.82, 2.24) is 0 Å². The number of aliphatic carboxylic acids is 1. The van der Waals surface area contributed by atoms with Crippen molar-refractivity contribution >= 4 is 5.97 Å². The normalized spacial score (nSPS) is 25.1. The van der Waals surface area contributed by atoms with E-state index in [2.05, 4.69) is 0 Å². The molecule has 1 aliphatic rings. The Morgan fingerprint density at radius 1 is 1.60 bits per heavy atom. The van der Waals surface area contributed by atoms with Crippen LogP contribution in [0.5, 0.6) is 0 Å². The molecule has 0 aliphatic carbocycles. The van der Waals surface area contributed by atoms with Crippen molar-refractivity contribution in [2.24, 2.45) is 5.41 Å². The van der Waals surface area contributed by atoms with Crippen LogP contribution in [0.3, 0.4) is 0 Å². The fourth-order valence-corrected chi connectivity index (χ4v) is 2.03. The third-order valence-corrected chi connectivity index (χ3v) is 3.58. The van der Waals surface area contributed by atoms with Gasteiger partial charge >= 0.3 is 5.97 Å². The van der Waals surface area contributed by atoms with Crippen LogP contribution >= 0.6 is 0 Å². The van der Waals surface area contributed by atoms with Gasteiger partial charge in [-0.25, -0.2) is 0 Å². The SMILES string of the molecule is CCC(C)(CCCC1CCCO1)C(=O)O. The average Bonchev–Trinajstić information content (AvgIpc) is 2.70. The van der Waals surface area contributed by atoms with E-state index in [-0.39, 0.29) is 0 Å². The van der Waals surface area contributed by atoms with Crippen molar-refractivity contribution in [1.29, 1.82) is 0 Å². The van der Waals surface area contributed by atoms with Gasteiger partial charge in [-0.1, -0.05) is 6.92 Å². The summed E-state index contributed by atoms with van der Waals surface area (Å²) >= 11 is 0. The lowest BCUT2D eigenvalue weighted by Crippen LogP contribution is -2.26. The van der Waals surface area contributed by atoms with E-state index in [1.54, 1.807) is 0 Å². The highest BCUT2D eigenvalue weighted by Gasteiger charge is 2.30. The number of carbonyl (C=O) groups is 1. The van der Waals surface area contributed by atoms with Gasteiger partial charge in [0.2, 0.25) is 0 Å². The molecule has 1 saturated heterocycles. The number of carboxylic acid groups (broad SMARTS) is 1. The molecule has 0 radical (unpaired) electrons. The van der Waals surface area contributed by atoms with E-state index in [1.165, 1.54) is 0 Å². The predicted octanol–water partition coefficient (Wildman–Crippen LogP) is 2.84. The Morgan fingerprint density at radius 2 is 2.33 bits per heavy atom. The maximum Gasteiger partial charge on any atom is 0.309 e. The fraction of sp³-hybridized carbons (Fsp3) is 0.917. The first kappa shape index (κ1) is 12.5. The lowest BCUT2D eigenvalue weighted by Gasteiger charge is -2.23. The molecule has 3 heteroatoms. The Bertz CT molecular complexity index is 209. The van der Waals surface area contributed by atoms with E-state index in [9.17, 15) is 4.79 Å². The van der Waals surface area contributed by atoms with E-state index in [0.29, 0.717) is 12.5 Å².